The second kappa shape index (κ2) is 8.78. The van der Waals surface area contributed by atoms with E-state index < -0.39 is 26.7 Å². The number of nitrogens with zero attached hydrogens (tertiary/aromatic N) is 2. The predicted molar refractivity (Wildman–Crippen MR) is 112 cm³/mol. The molecule has 0 spiro atoms. The van der Waals surface area contributed by atoms with Crippen LogP contribution >= 0.6 is 34.7 Å². The molecule has 158 valence electrons. The smallest absolute Gasteiger partial charge is 0.263 e. The van der Waals surface area contributed by atoms with Crippen LogP contribution in [-0.2, 0) is 21.4 Å². The van der Waals surface area contributed by atoms with Crippen molar-refractivity contribution in [3.63, 3.8) is 0 Å². The number of hydroxylamine groups is 1. The van der Waals surface area contributed by atoms with Gasteiger partial charge in [-0.1, -0.05) is 11.6 Å². The van der Waals surface area contributed by atoms with Gasteiger partial charge >= 0.3 is 0 Å². The Morgan fingerprint density at radius 1 is 1.41 bits per heavy atom. The third-order valence-electron chi connectivity index (χ3n) is 4.43. The molecule has 2 heterocycles. The summed E-state index contributed by atoms with van der Waals surface area (Å²) >= 11 is 8.58. The monoisotopic (exact) mass is 477 g/mol. The second-order valence-corrected chi connectivity index (χ2v) is 12.1. The van der Waals surface area contributed by atoms with E-state index in [9.17, 15) is 13.2 Å². The van der Waals surface area contributed by atoms with Gasteiger partial charge in [-0.15, -0.1) is 11.3 Å². The number of sulfonamides is 1. The first-order valence-electron chi connectivity index (χ1n) is 8.58. The second-order valence-electron chi connectivity index (χ2n) is 6.79. The Labute approximate surface area is 182 Å². The summed E-state index contributed by atoms with van der Waals surface area (Å²) < 4.78 is 32.9. The molecule has 0 unspecified atom stereocenters. The first-order valence-corrected chi connectivity index (χ1v) is 12.2. The van der Waals surface area contributed by atoms with Gasteiger partial charge < -0.3 is 4.74 Å². The van der Waals surface area contributed by atoms with E-state index in [2.05, 4.69) is 4.98 Å². The summed E-state index contributed by atoms with van der Waals surface area (Å²) in [7, 11) is -3.95. The zero-order valence-corrected chi connectivity index (χ0v) is 18.9. The van der Waals surface area contributed by atoms with Crippen molar-refractivity contribution in [3.05, 3.63) is 39.8 Å². The topological polar surface area (TPSA) is 109 Å². The van der Waals surface area contributed by atoms with Crippen molar-refractivity contribution in [3.8, 4) is 5.75 Å². The van der Waals surface area contributed by atoms with Gasteiger partial charge in [0.2, 0.25) is 10.0 Å². The number of amides is 1. The van der Waals surface area contributed by atoms with Gasteiger partial charge in [-0.2, -0.15) is 16.1 Å². The number of rotatable bonds is 6. The van der Waals surface area contributed by atoms with Gasteiger partial charge in [-0.3, -0.25) is 10.0 Å². The molecule has 0 aliphatic carbocycles. The molecular formula is C17H20ClN3O5S3. The van der Waals surface area contributed by atoms with E-state index in [1.807, 2.05) is 0 Å². The Hall–Kier alpha value is -1.37. The van der Waals surface area contributed by atoms with Crippen molar-refractivity contribution in [1.29, 1.82) is 0 Å². The molecule has 1 atom stereocenters. The minimum atomic E-state index is -3.95. The highest BCUT2D eigenvalue weighted by molar-refractivity contribution is 8.00. The quantitative estimate of drug-likeness (QED) is 0.486. The van der Waals surface area contributed by atoms with Gasteiger partial charge in [-0.25, -0.2) is 18.9 Å². The van der Waals surface area contributed by atoms with Crippen LogP contribution in [0.4, 0.5) is 0 Å². The molecule has 1 saturated heterocycles. The number of carbonyl (C=O) groups excluding carboxylic acids is 1. The van der Waals surface area contributed by atoms with E-state index in [0.717, 1.165) is 9.18 Å². The lowest BCUT2D eigenvalue weighted by atomic mass is 10.0. The summed E-state index contributed by atoms with van der Waals surface area (Å²) in [6.07, 6.45) is 1.62. The van der Waals surface area contributed by atoms with Crippen molar-refractivity contribution in [2.24, 2.45) is 0 Å². The fraction of sp³-hybridized carbons (Fsp3) is 0.412. The summed E-state index contributed by atoms with van der Waals surface area (Å²) in [5.74, 6) is 0.279. The van der Waals surface area contributed by atoms with Crippen molar-refractivity contribution in [2.45, 2.75) is 36.1 Å². The highest BCUT2D eigenvalue weighted by Crippen LogP contribution is 2.38. The van der Waals surface area contributed by atoms with Crippen LogP contribution in [0.1, 0.15) is 18.7 Å². The molecule has 8 nitrogen and oxygen atoms in total. The van der Waals surface area contributed by atoms with Crippen molar-refractivity contribution >= 4 is 50.6 Å². The van der Waals surface area contributed by atoms with E-state index in [1.165, 1.54) is 35.2 Å². The van der Waals surface area contributed by atoms with E-state index in [0.29, 0.717) is 16.0 Å². The number of aromatic nitrogens is 1. The Kier molecular flexibility index (Phi) is 6.76. The summed E-state index contributed by atoms with van der Waals surface area (Å²) in [6, 6.07) is 4.95. The lowest BCUT2D eigenvalue weighted by Crippen LogP contribution is -2.61. The third-order valence-corrected chi connectivity index (χ3v) is 8.75. The van der Waals surface area contributed by atoms with Gasteiger partial charge in [0.1, 0.15) is 18.4 Å². The Morgan fingerprint density at radius 2 is 2.10 bits per heavy atom. The molecule has 1 amide bonds. The molecule has 29 heavy (non-hydrogen) atoms. The van der Waals surface area contributed by atoms with Crippen LogP contribution in [-0.4, -0.2) is 51.9 Å². The van der Waals surface area contributed by atoms with Crippen LogP contribution in [0.25, 0.3) is 0 Å². The van der Waals surface area contributed by atoms with Crippen LogP contribution in [0.2, 0.25) is 4.47 Å². The number of hydrogen-bond acceptors (Lipinski definition) is 8. The molecule has 1 aromatic carbocycles. The minimum absolute atomic E-state index is 0.0455. The van der Waals surface area contributed by atoms with Crippen molar-refractivity contribution in [2.75, 3.05) is 12.3 Å². The maximum atomic E-state index is 13.2. The summed E-state index contributed by atoms with van der Waals surface area (Å²) in [5.41, 5.74) is 1.60. The standard InChI is InChI=1S/C17H20ClN3O5S3/c1-17(2)14(15(22)20-23)21(7-8-27-17)29(24,25)13-5-3-11(4-6-13)26-10-12-9-19-16(18)28-12/h3-6,9,14,23H,7-8,10H2,1-2H3,(H,20,22)/t14-/m0/s1. The molecule has 12 heteroatoms. The zero-order valence-electron chi connectivity index (χ0n) is 15.7. The first-order chi connectivity index (χ1) is 13.6. The maximum Gasteiger partial charge on any atom is 0.263 e. The largest absolute Gasteiger partial charge is 0.488 e. The molecule has 1 aliphatic rings. The van der Waals surface area contributed by atoms with E-state index in [-0.39, 0.29) is 18.0 Å². The van der Waals surface area contributed by atoms with E-state index in [1.54, 1.807) is 37.7 Å². The van der Waals surface area contributed by atoms with Crippen molar-refractivity contribution < 1.29 is 23.2 Å². The summed E-state index contributed by atoms with van der Waals surface area (Å²) in [4.78, 5) is 17.1. The van der Waals surface area contributed by atoms with Crippen LogP contribution in [0.5, 0.6) is 5.75 Å². The number of ether oxygens (including phenoxy) is 1. The van der Waals surface area contributed by atoms with Crippen LogP contribution in [0, 0.1) is 0 Å². The van der Waals surface area contributed by atoms with E-state index in [4.69, 9.17) is 21.5 Å². The van der Waals surface area contributed by atoms with Crippen molar-refractivity contribution in [1.82, 2.24) is 14.8 Å². The fourth-order valence-electron chi connectivity index (χ4n) is 3.07. The minimum Gasteiger partial charge on any atom is -0.488 e. The fourth-order valence-corrected chi connectivity index (χ4v) is 7.07. The molecule has 3 rings (SSSR count). The Bertz CT molecular complexity index is 978. The van der Waals surface area contributed by atoms with Gasteiger partial charge in [-0.05, 0) is 38.1 Å². The molecule has 0 radical (unpaired) electrons. The lowest BCUT2D eigenvalue weighted by molar-refractivity contribution is -0.134. The lowest BCUT2D eigenvalue weighted by Gasteiger charge is -2.43. The number of nitrogens with one attached hydrogen (secondary N) is 1. The first kappa shape index (κ1) is 22.3. The summed E-state index contributed by atoms with van der Waals surface area (Å²) in [6.45, 7) is 4.00. The number of halogens is 1. The number of thiazole rings is 1. The van der Waals surface area contributed by atoms with Gasteiger partial charge in [0, 0.05) is 23.2 Å². The van der Waals surface area contributed by atoms with Gasteiger partial charge in [0.05, 0.1) is 9.77 Å². The average molecular weight is 478 g/mol. The maximum absolute atomic E-state index is 13.2. The normalized spacial score (nSPS) is 19.7. The highest BCUT2D eigenvalue weighted by Gasteiger charge is 2.48. The third kappa shape index (κ3) is 4.86. The van der Waals surface area contributed by atoms with E-state index >= 15 is 0 Å². The molecule has 1 aromatic heterocycles. The zero-order chi connectivity index (χ0) is 21.2. The molecule has 1 fully saturated rings. The SMILES string of the molecule is CC1(C)SCCN(S(=O)(=O)c2ccc(OCc3cnc(Cl)s3)cc2)[C@H]1C(=O)NO. The number of benzene rings is 1. The molecule has 2 aromatic rings. The molecule has 0 saturated carbocycles. The highest BCUT2D eigenvalue weighted by atomic mass is 35.5. The number of carbonyl (C=O) groups is 1. The Morgan fingerprint density at radius 3 is 2.69 bits per heavy atom. The Balaban J connectivity index is 1.79. The predicted octanol–water partition coefficient (Wildman–Crippen LogP) is 2.77. The molecule has 2 N–H and O–H groups in total. The number of hydrogen-bond donors (Lipinski definition) is 2. The number of thioether (sulfide) groups is 1. The van der Waals surface area contributed by atoms with Crippen LogP contribution in [0.3, 0.4) is 0 Å². The van der Waals surface area contributed by atoms with Crippen LogP contribution in [0.15, 0.2) is 35.4 Å². The average Bonchev–Trinajstić information content (AvgIpc) is 3.10. The van der Waals surface area contributed by atoms with Gasteiger partial charge in [0.15, 0.2) is 4.47 Å². The summed E-state index contributed by atoms with van der Waals surface area (Å²) in [5, 5.41) is 9.11. The van der Waals surface area contributed by atoms with Crippen LogP contribution < -0.4 is 10.2 Å². The molecule has 0 bridgehead atoms. The van der Waals surface area contributed by atoms with Gasteiger partial charge in [0.25, 0.3) is 5.91 Å². The molecule has 1 aliphatic heterocycles. The molecular weight excluding hydrogens is 458 g/mol.